The van der Waals surface area contributed by atoms with Crippen molar-refractivity contribution < 1.29 is 9.53 Å². The largest absolute Gasteiger partial charge is 0.375 e. The number of para-hydroxylation sites is 1. The molecule has 0 bridgehead atoms. The highest BCUT2D eigenvalue weighted by Crippen LogP contribution is 2.19. The normalized spacial score (nSPS) is 15.8. The molecule has 0 unspecified atom stereocenters. The molecule has 0 radical (unpaired) electrons. The van der Waals surface area contributed by atoms with Crippen LogP contribution in [0.4, 0.5) is 5.69 Å². The highest BCUT2D eigenvalue weighted by atomic mass is 16.5. The minimum absolute atomic E-state index is 0.0953. The van der Waals surface area contributed by atoms with Crippen LogP contribution in [0.5, 0.6) is 0 Å². The summed E-state index contributed by atoms with van der Waals surface area (Å²) in [4.78, 5) is 14.0. The number of carbonyl (C=O) groups excluding carboxylic acids is 1. The average Bonchev–Trinajstić information content (AvgIpc) is 2.85. The van der Waals surface area contributed by atoms with Gasteiger partial charge < -0.3 is 10.1 Å². The standard InChI is InChI=1S/C14H20N2O2/c1-18-11-14(17)15-13-7-3-2-6-12(13)10-16-8-4-5-9-16/h2-3,6-7H,4-5,8-11H2,1H3,(H,15,17). The number of hydrogen-bond acceptors (Lipinski definition) is 3. The molecule has 0 saturated carbocycles. The van der Waals surface area contributed by atoms with Gasteiger partial charge in [0, 0.05) is 19.3 Å². The Hall–Kier alpha value is -1.39. The van der Waals surface area contributed by atoms with Crippen LogP contribution in [0.3, 0.4) is 0 Å². The van der Waals surface area contributed by atoms with Gasteiger partial charge in [-0.1, -0.05) is 18.2 Å². The summed E-state index contributed by atoms with van der Waals surface area (Å²) in [5.74, 6) is -0.105. The Morgan fingerprint density at radius 1 is 1.33 bits per heavy atom. The first-order valence-corrected chi connectivity index (χ1v) is 6.38. The van der Waals surface area contributed by atoms with Crippen molar-refractivity contribution in [2.75, 3.05) is 32.1 Å². The van der Waals surface area contributed by atoms with Crippen LogP contribution in [-0.4, -0.2) is 37.6 Å². The highest BCUT2D eigenvalue weighted by Gasteiger charge is 2.14. The Kier molecular flexibility index (Phi) is 4.73. The summed E-state index contributed by atoms with van der Waals surface area (Å²) in [6.45, 7) is 3.31. The fourth-order valence-corrected chi connectivity index (χ4v) is 2.28. The topological polar surface area (TPSA) is 41.6 Å². The van der Waals surface area contributed by atoms with Crippen LogP contribution < -0.4 is 5.32 Å². The van der Waals surface area contributed by atoms with Gasteiger partial charge >= 0.3 is 0 Å². The smallest absolute Gasteiger partial charge is 0.250 e. The third-order valence-electron chi connectivity index (χ3n) is 3.16. The maximum absolute atomic E-state index is 11.6. The van der Waals surface area contributed by atoms with Crippen molar-refractivity contribution >= 4 is 11.6 Å². The van der Waals surface area contributed by atoms with E-state index in [4.69, 9.17) is 4.74 Å². The van der Waals surface area contributed by atoms with Crippen molar-refractivity contribution in [3.63, 3.8) is 0 Å². The molecule has 4 heteroatoms. The lowest BCUT2D eigenvalue weighted by Crippen LogP contribution is -2.22. The molecule has 1 saturated heterocycles. The molecule has 0 spiro atoms. The van der Waals surface area contributed by atoms with Gasteiger partial charge in [0.2, 0.25) is 5.91 Å². The quantitative estimate of drug-likeness (QED) is 0.865. The summed E-state index contributed by atoms with van der Waals surface area (Å²) in [5, 5.41) is 2.89. The zero-order valence-corrected chi connectivity index (χ0v) is 10.8. The van der Waals surface area contributed by atoms with Crippen LogP contribution in [0, 0.1) is 0 Å². The molecular weight excluding hydrogens is 228 g/mol. The molecule has 1 aromatic carbocycles. The summed E-state index contributed by atoms with van der Waals surface area (Å²) < 4.78 is 4.83. The molecule has 1 N–H and O–H groups in total. The van der Waals surface area contributed by atoms with E-state index in [2.05, 4.69) is 16.3 Å². The molecule has 0 aliphatic carbocycles. The minimum atomic E-state index is -0.105. The summed E-state index contributed by atoms with van der Waals surface area (Å²) in [7, 11) is 1.52. The lowest BCUT2D eigenvalue weighted by atomic mass is 10.1. The van der Waals surface area contributed by atoms with Gasteiger partial charge in [0.1, 0.15) is 6.61 Å². The fourth-order valence-electron chi connectivity index (χ4n) is 2.28. The van der Waals surface area contributed by atoms with E-state index in [-0.39, 0.29) is 12.5 Å². The van der Waals surface area contributed by atoms with Crippen LogP contribution in [0.25, 0.3) is 0 Å². The molecule has 0 atom stereocenters. The average molecular weight is 248 g/mol. The van der Waals surface area contributed by atoms with E-state index >= 15 is 0 Å². The predicted molar refractivity (Wildman–Crippen MR) is 71.5 cm³/mol. The van der Waals surface area contributed by atoms with Crippen LogP contribution in [0.15, 0.2) is 24.3 Å². The SMILES string of the molecule is COCC(=O)Nc1ccccc1CN1CCCC1. The first-order chi connectivity index (χ1) is 8.79. The Balaban J connectivity index is 2.02. The number of nitrogens with one attached hydrogen (secondary N) is 1. The first-order valence-electron chi connectivity index (χ1n) is 6.38. The lowest BCUT2D eigenvalue weighted by Gasteiger charge is -2.17. The number of rotatable bonds is 5. The third-order valence-corrected chi connectivity index (χ3v) is 3.16. The number of hydrogen-bond donors (Lipinski definition) is 1. The maximum atomic E-state index is 11.6. The number of likely N-dealkylation sites (tertiary alicyclic amines) is 1. The zero-order valence-electron chi connectivity index (χ0n) is 10.8. The molecule has 98 valence electrons. The Bertz CT molecular complexity index is 401. The molecule has 1 amide bonds. The monoisotopic (exact) mass is 248 g/mol. The van der Waals surface area contributed by atoms with E-state index in [1.54, 1.807) is 0 Å². The molecule has 1 aromatic rings. The lowest BCUT2D eigenvalue weighted by molar-refractivity contribution is -0.119. The number of amides is 1. The molecule has 1 heterocycles. The van der Waals surface area contributed by atoms with Crippen molar-refractivity contribution in [1.29, 1.82) is 0 Å². The van der Waals surface area contributed by atoms with E-state index in [9.17, 15) is 4.79 Å². The third kappa shape index (κ3) is 3.55. The van der Waals surface area contributed by atoms with Crippen LogP contribution in [-0.2, 0) is 16.1 Å². The number of methoxy groups -OCH3 is 1. The Labute approximate surface area is 108 Å². The molecule has 1 aliphatic heterocycles. The van der Waals surface area contributed by atoms with E-state index in [0.29, 0.717) is 0 Å². The molecule has 2 rings (SSSR count). The molecule has 0 aromatic heterocycles. The number of nitrogens with zero attached hydrogens (tertiary/aromatic N) is 1. The van der Waals surface area contributed by atoms with Gasteiger partial charge in [-0.05, 0) is 37.6 Å². The van der Waals surface area contributed by atoms with Crippen LogP contribution in [0.2, 0.25) is 0 Å². The van der Waals surface area contributed by atoms with Crippen LogP contribution >= 0.6 is 0 Å². The number of ether oxygens (including phenoxy) is 1. The predicted octanol–water partition coefficient (Wildman–Crippen LogP) is 1.87. The summed E-state index contributed by atoms with van der Waals surface area (Å²) in [6, 6.07) is 7.97. The first kappa shape index (κ1) is 13.1. The van der Waals surface area contributed by atoms with Gasteiger partial charge in [-0.25, -0.2) is 0 Å². The van der Waals surface area contributed by atoms with Crippen molar-refractivity contribution in [2.45, 2.75) is 19.4 Å². The second-order valence-corrected chi connectivity index (χ2v) is 4.62. The molecule has 1 aliphatic rings. The number of benzene rings is 1. The second kappa shape index (κ2) is 6.52. The number of anilines is 1. The molecular formula is C14H20N2O2. The van der Waals surface area contributed by atoms with Crippen molar-refractivity contribution in [1.82, 2.24) is 4.90 Å². The van der Waals surface area contributed by atoms with Crippen molar-refractivity contribution in [3.8, 4) is 0 Å². The summed E-state index contributed by atoms with van der Waals surface area (Å²) in [5.41, 5.74) is 2.07. The van der Waals surface area contributed by atoms with E-state index < -0.39 is 0 Å². The minimum Gasteiger partial charge on any atom is -0.375 e. The van der Waals surface area contributed by atoms with E-state index in [1.807, 2.05) is 18.2 Å². The fraction of sp³-hybridized carbons (Fsp3) is 0.500. The van der Waals surface area contributed by atoms with Gasteiger partial charge in [0.15, 0.2) is 0 Å². The van der Waals surface area contributed by atoms with Crippen LogP contribution in [0.1, 0.15) is 18.4 Å². The Morgan fingerprint density at radius 3 is 2.78 bits per heavy atom. The maximum Gasteiger partial charge on any atom is 0.250 e. The summed E-state index contributed by atoms with van der Waals surface area (Å²) in [6.07, 6.45) is 2.55. The van der Waals surface area contributed by atoms with Gasteiger partial charge in [-0.2, -0.15) is 0 Å². The van der Waals surface area contributed by atoms with Gasteiger partial charge in [0.25, 0.3) is 0 Å². The van der Waals surface area contributed by atoms with E-state index in [1.165, 1.54) is 25.5 Å². The number of carbonyl (C=O) groups is 1. The highest BCUT2D eigenvalue weighted by molar-refractivity contribution is 5.92. The van der Waals surface area contributed by atoms with Gasteiger partial charge in [-0.15, -0.1) is 0 Å². The van der Waals surface area contributed by atoms with E-state index in [0.717, 1.165) is 25.3 Å². The van der Waals surface area contributed by atoms with Crippen molar-refractivity contribution in [2.24, 2.45) is 0 Å². The molecule has 18 heavy (non-hydrogen) atoms. The Morgan fingerprint density at radius 2 is 2.06 bits per heavy atom. The second-order valence-electron chi connectivity index (χ2n) is 4.62. The zero-order chi connectivity index (χ0) is 12.8. The molecule has 4 nitrogen and oxygen atoms in total. The summed E-state index contributed by atoms with van der Waals surface area (Å²) >= 11 is 0. The van der Waals surface area contributed by atoms with Crippen molar-refractivity contribution in [3.05, 3.63) is 29.8 Å². The van der Waals surface area contributed by atoms with Gasteiger partial charge in [-0.3, -0.25) is 9.69 Å². The molecule has 1 fully saturated rings. The van der Waals surface area contributed by atoms with Gasteiger partial charge in [0.05, 0.1) is 0 Å².